The van der Waals surface area contributed by atoms with E-state index in [1.54, 1.807) is 39.1 Å². The number of Topliss-reactive ketones (excluding diaryl/α,β-unsaturated/α-hetero) is 1. The first kappa shape index (κ1) is 37.5. The molecule has 0 spiro atoms. The molecule has 0 bridgehead atoms. The Morgan fingerprint density at radius 1 is 1.12 bits per heavy atom. The molecule has 3 aliphatic rings. The molecule has 1 saturated heterocycles. The molecule has 0 radical (unpaired) electrons. The topological polar surface area (TPSA) is 188 Å². The van der Waals surface area contributed by atoms with Gasteiger partial charge in [0.15, 0.2) is 0 Å². The number of amides is 5. The van der Waals surface area contributed by atoms with E-state index in [2.05, 4.69) is 22.5 Å². The summed E-state index contributed by atoms with van der Waals surface area (Å²) in [7, 11) is -2.36. The van der Waals surface area contributed by atoms with E-state index in [0.29, 0.717) is 18.5 Å². The number of hydrogen-bond acceptors (Lipinski definition) is 8. The molecule has 3 fully saturated rings. The minimum absolute atomic E-state index is 0.0391. The lowest BCUT2D eigenvalue weighted by Crippen LogP contribution is -2.62. The number of hydrogen-bond donors (Lipinski definition) is 4. The standard InChI is InChI=1S/C33H50N6O7S2/c1-18(2)22(17-38(8)48(45,46)23-13-10-14-47-23)36-31(44)37-27(32(3,4)5)30(43)39-16-20-24(33(20,6)7)25(39)29(42)35-21(26(40)28(34)41)15-19-11-9-12-19/h10,13-14,19-22,24-25,27H,1,9,11-12,15-17H2,2-8H3,(H2,34,41)(H,35,42)(H2,36,37,44)/t20-,21?,22+,24-,25-,27+/m0/s1. The summed E-state index contributed by atoms with van der Waals surface area (Å²) in [6.07, 6.45) is 3.13. The summed E-state index contributed by atoms with van der Waals surface area (Å²) in [6.45, 7) is 15.3. The molecule has 2 aliphatic carbocycles. The number of carbonyl (C=O) groups excluding carboxylic acids is 5. The number of nitrogens with one attached hydrogen (secondary N) is 3. The summed E-state index contributed by atoms with van der Waals surface area (Å²) < 4.78 is 27.3. The molecule has 1 aliphatic heterocycles. The van der Waals surface area contributed by atoms with Crippen LogP contribution in [-0.4, -0.2) is 91.5 Å². The Balaban J connectivity index is 1.50. The molecule has 4 rings (SSSR count). The second kappa shape index (κ2) is 13.9. The Morgan fingerprint density at radius 2 is 1.77 bits per heavy atom. The van der Waals surface area contributed by atoms with Crippen LogP contribution in [0.25, 0.3) is 0 Å². The fourth-order valence-corrected chi connectivity index (χ4v) is 9.31. The predicted octanol–water partition coefficient (Wildman–Crippen LogP) is 2.24. The SMILES string of the molecule is C=C(C)[C@@H](CN(C)S(=O)(=O)c1cccs1)NC(=O)N[C@H](C(=O)N1C[C@H]2[C@@H]([C@H]1C(=O)NC(CC1CCC1)C(=O)C(N)=O)C2(C)C)C(C)(C)C. The number of piperidine rings is 1. The normalized spacial score (nSPS) is 23.7. The number of urea groups is 1. The van der Waals surface area contributed by atoms with Gasteiger partial charge in [-0.15, -0.1) is 11.3 Å². The molecule has 1 unspecified atom stereocenters. The Kier molecular flexibility index (Phi) is 10.9. The van der Waals surface area contributed by atoms with Gasteiger partial charge in [-0.05, 0) is 53.4 Å². The number of nitrogens with two attached hydrogens (primary N) is 1. The van der Waals surface area contributed by atoms with Crippen molar-refractivity contribution in [3.05, 3.63) is 29.7 Å². The van der Waals surface area contributed by atoms with E-state index < -0.39 is 69.1 Å². The first-order valence-electron chi connectivity index (χ1n) is 16.3. The molecule has 1 aromatic rings. The van der Waals surface area contributed by atoms with Crippen LogP contribution in [0.5, 0.6) is 0 Å². The summed E-state index contributed by atoms with van der Waals surface area (Å²) in [5.74, 6) is -2.87. The van der Waals surface area contributed by atoms with E-state index >= 15 is 0 Å². The van der Waals surface area contributed by atoms with E-state index in [-0.39, 0.29) is 33.9 Å². The van der Waals surface area contributed by atoms with E-state index in [0.717, 1.165) is 34.9 Å². The van der Waals surface area contributed by atoms with E-state index in [4.69, 9.17) is 5.73 Å². The van der Waals surface area contributed by atoms with Gasteiger partial charge in [0.1, 0.15) is 16.3 Å². The average Bonchev–Trinajstić information content (AvgIpc) is 3.42. The fraction of sp³-hybridized carbons (Fsp3) is 0.667. The van der Waals surface area contributed by atoms with Crippen LogP contribution in [0.4, 0.5) is 4.79 Å². The minimum atomic E-state index is -3.79. The Morgan fingerprint density at radius 3 is 2.27 bits per heavy atom. The Labute approximate surface area is 287 Å². The van der Waals surface area contributed by atoms with Crippen molar-refractivity contribution < 1.29 is 32.4 Å². The molecule has 2 heterocycles. The number of sulfonamides is 1. The summed E-state index contributed by atoms with van der Waals surface area (Å²) in [5, 5.41) is 10.00. The molecule has 13 nitrogen and oxygen atoms in total. The molecule has 48 heavy (non-hydrogen) atoms. The zero-order valence-electron chi connectivity index (χ0n) is 28.9. The second-order valence-electron chi connectivity index (χ2n) is 15.2. The third-order valence-corrected chi connectivity index (χ3v) is 13.5. The van der Waals surface area contributed by atoms with Gasteiger partial charge in [0.25, 0.3) is 15.9 Å². The smallest absolute Gasteiger partial charge is 0.315 e. The number of primary amides is 1. The maximum atomic E-state index is 14.3. The maximum Gasteiger partial charge on any atom is 0.315 e. The van der Waals surface area contributed by atoms with Gasteiger partial charge >= 0.3 is 6.03 Å². The highest BCUT2D eigenvalue weighted by atomic mass is 32.2. The molecule has 1 aromatic heterocycles. The summed E-state index contributed by atoms with van der Waals surface area (Å²) in [5.41, 5.74) is 4.83. The van der Waals surface area contributed by atoms with Gasteiger partial charge in [-0.2, -0.15) is 4.31 Å². The zero-order chi connectivity index (χ0) is 35.9. The number of likely N-dealkylation sites (tertiary alicyclic amines) is 1. The molecule has 0 aromatic carbocycles. The highest BCUT2D eigenvalue weighted by molar-refractivity contribution is 7.91. The van der Waals surface area contributed by atoms with Crippen LogP contribution < -0.4 is 21.7 Å². The van der Waals surface area contributed by atoms with Crippen LogP contribution in [0.3, 0.4) is 0 Å². The summed E-state index contributed by atoms with van der Waals surface area (Å²) in [6, 6.07) is -1.36. The first-order valence-corrected chi connectivity index (χ1v) is 18.7. The van der Waals surface area contributed by atoms with Crippen molar-refractivity contribution in [1.82, 2.24) is 25.2 Å². The monoisotopic (exact) mass is 706 g/mol. The lowest BCUT2D eigenvalue weighted by atomic mass is 9.80. The molecular formula is C33H50N6O7S2. The van der Waals surface area contributed by atoms with Crippen molar-refractivity contribution in [2.75, 3.05) is 20.1 Å². The first-order chi connectivity index (χ1) is 22.2. The van der Waals surface area contributed by atoms with Gasteiger partial charge in [0.2, 0.25) is 17.6 Å². The van der Waals surface area contributed by atoms with Gasteiger partial charge in [-0.3, -0.25) is 19.2 Å². The van der Waals surface area contributed by atoms with Crippen LogP contribution in [0.15, 0.2) is 33.9 Å². The van der Waals surface area contributed by atoms with Gasteiger partial charge in [-0.25, -0.2) is 13.2 Å². The fourth-order valence-electron chi connectivity index (χ4n) is 6.92. The predicted molar refractivity (Wildman–Crippen MR) is 182 cm³/mol. The molecule has 5 amide bonds. The molecule has 2 saturated carbocycles. The van der Waals surface area contributed by atoms with E-state index in [1.165, 1.54) is 18.0 Å². The van der Waals surface area contributed by atoms with Crippen LogP contribution in [0.1, 0.15) is 67.2 Å². The average molecular weight is 707 g/mol. The number of carbonyl (C=O) groups is 5. The van der Waals surface area contributed by atoms with Crippen molar-refractivity contribution in [2.24, 2.45) is 34.3 Å². The van der Waals surface area contributed by atoms with Crippen LogP contribution in [0, 0.1) is 28.6 Å². The van der Waals surface area contributed by atoms with Crippen molar-refractivity contribution in [3.63, 3.8) is 0 Å². The number of likely N-dealkylation sites (N-methyl/N-ethyl adjacent to an activating group) is 1. The van der Waals surface area contributed by atoms with E-state index in [1.807, 2.05) is 13.8 Å². The molecule has 6 atom stereocenters. The van der Waals surface area contributed by atoms with Gasteiger partial charge in [-0.1, -0.05) is 72.1 Å². The summed E-state index contributed by atoms with van der Waals surface area (Å²) in [4.78, 5) is 67.7. The van der Waals surface area contributed by atoms with Gasteiger partial charge in [0.05, 0.1) is 12.1 Å². The number of fused-ring (bicyclic) bond motifs is 1. The lowest BCUT2D eigenvalue weighted by molar-refractivity contribution is -0.145. The molecular weight excluding hydrogens is 657 g/mol. The van der Waals surface area contributed by atoms with Crippen LogP contribution in [-0.2, 0) is 29.2 Å². The van der Waals surface area contributed by atoms with Crippen molar-refractivity contribution in [2.45, 2.75) is 95.6 Å². The Hall–Kier alpha value is -3.30. The number of ketones is 1. The Bertz CT molecular complexity index is 1550. The number of nitrogens with zero attached hydrogens (tertiary/aromatic N) is 2. The second-order valence-corrected chi connectivity index (χ2v) is 18.5. The van der Waals surface area contributed by atoms with Crippen LogP contribution >= 0.6 is 11.3 Å². The maximum absolute atomic E-state index is 14.3. The highest BCUT2D eigenvalue weighted by Crippen LogP contribution is 2.65. The largest absolute Gasteiger partial charge is 0.363 e. The molecule has 5 N–H and O–H groups in total. The number of rotatable bonds is 14. The van der Waals surface area contributed by atoms with E-state index in [9.17, 15) is 32.4 Å². The third kappa shape index (κ3) is 7.78. The molecule has 266 valence electrons. The minimum Gasteiger partial charge on any atom is -0.363 e. The van der Waals surface area contributed by atoms with Crippen molar-refractivity contribution >= 4 is 50.9 Å². The lowest BCUT2D eigenvalue weighted by Gasteiger charge is -2.38. The van der Waals surface area contributed by atoms with Crippen molar-refractivity contribution in [3.8, 4) is 0 Å². The molecule has 15 heteroatoms. The van der Waals surface area contributed by atoms with Crippen molar-refractivity contribution in [1.29, 1.82) is 0 Å². The quantitative estimate of drug-likeness (QED) is 0.169. The third-order valence-electron chi connectivity index (χ3n) is 10.3. The number of thiophene rings is 1. The van der Waals surface area contributed by atoms with Crippen LogP contribution in [0.2, 0.25) is 0 Å². The zero-order valence-corrected chi connectivity index (χ0v) is 30.5. The summed E-state index contributed by atoms with van der Waals surface area (Å²) >= 11 is 1.09. The highest BCUT2D eigenvalue weighted by Gasteiger charge is 2.70. The van der Waals surface area contributed by atoms with Gasteiger partial charge in [0, 0.05) is 20.1 Å². The van der Waals surface area contributed by atoms with Gasteiger partial charge < -0.3 is 26.6 Å².